The number of benzene rings is 1. The lowest BCUT2D eigenvalue weighted by atomic mass is 9.92. The highest BCUT2D eigenvalue weighted by Crippen LogP contribution is 2.31. The normalized spacial score (nSPS) is 12.6. The summed E-state index contributed by atoms with van der Waals surface area (Å²) in [6.45, 7) is 9.45. The van der Waals surface area contributed by atoms with Crippen molar-refractivity contribution in [3.8, 4) is 17.6 Å². The Bertz CT molecular complexity index is 492. The predicted molar refractivity (Wildman–Crippen MR) is 84.6 cm³/mol. The summed E-state index contributed by atoms with van der Waals surface area (Å²) in [5, 5.41) is 12.4. The standard InChI is InChI=1S/C17H26N2O2/c1-6-19-13(2)14-7-8-15(16(11-14)20-5)21-10-9-17(3,4)12-18/h7-8,11,13,19H,6,9-10H2,1-5H3. The lowest BCUT2D eigenvalue weighted by Crippen LogP contribution is -2.17. The fourth-order valence-electron chi connectivity index (χ4n) is 1.97. The quantitative estimate of drug-likeness (QED) is 0.793. The summed E-state index contributed by atoms with van der Waals surface area (Å²) in [5.74, 6) is 1.45. The molecule has 0 aromatic heterocycles. The van der Waals surface area contributed by atoms with E-state index in [0.29, 0.717) is 13.0 Å². The molecule has 0 aliphatic carbocycles. The Balaban J connectivity index is 2.73. The molecule has 0 aliphatic heterocycles. The monoisotopic (exact) mass is 290 g/mol. The van der Waals surface area contributed by atoms with E-state index >= 15 is 0 Å². The number of nitrogens with zero attached hydrogens (tertiary/aromatic N) is 1. The summed E-state index contributed by atoms with van der Waals surface area (Å²) >= 11 is 0. The van der Waals surface area contributed by atoms with Crippen LogP contribution in [0.25, 0.3) is 0 Å². The molecule has 0 radical (unpaired) electrons. The molecule has 0 fully saturated rings. The van der Waals surface area contributed by atoms with E-state index in [4.69, 9.17) is 14.7 Å². The molecule has 1 rings (SSSR count). The first-order valence-corrected chi connectivity index (χ1v) is 7.39. The molecule has 0 spiro atoms. The molecule has 1 atom stereocenters. The molecule has 1 aromatic rings. The van der Waals surface area contributed by atoms with Crippen LogP contribution in [-0.4, -0.2) is 20.3 Å². The van der Waals surface area contributed by atoms with Gasteiger partial charge in [0.05, 0.1) is 25.2 Å². The molecule has 0 amide bonds. The fraction of sp³-hybridized carbons (Fsp3) is 0.588. The summed E-state index contributed by atoms with van der Waals surface area (Å²) in [4.78, 5) is 0. The zero-order valence-electron chi connectivity index (χ0n) is 13.7. The Kier molecular flexibility index (Phi) is 6.51. The van der Waals surface area contributed by atoms with Crippen molar-refractivity contribution in [1.29, 1.82) is 5.26 Å². The predicted octanol–water partition coefficient (Wildman–Crippen LogP) is 3.68. The molecule has 1 N–H and O–H groups in total. The van der Waals surface area contributed by atoms with Crippen LogP contribution < -0.4 is 14.8 Å². The number of rotatable bonds is 8. The zero-order chi connectivity index (χ0) is 15.9. The van der Waals surface area contributed by atoms with Gasteiger partial charge in [-0.2, -0.15) is 5.26 Å². The summed E-state index contributed by atoms with van der Waals surface area (Å²) in [6, 6.07) is 8.52. The Morgan fingerprint density at radius 2 is 2.05 bits per heavy atom. The third kappa shape index (κ3) is 5.28. The van der Waals surface area contributed by atoms with Crippen LogP contribution in [0.5, 0.6) is 11.5 Å². The highest BCUT2D eigenvalue weighted by Gasteiger charge is 2.17. The van der Waals surface area contributed by atoms with E-state index in [1.807, 2.05) is 32.0 Å². The van der Waals surface area contributed by atoms with Crippen LogP contribution in [-0.2, 0) is 0 Å². The highest BCUT2D eigenvalue weighted by molar-refractivity contribution is 5.43. The van der Waals surface area contributed by atoms with Gasteiger partial charge in [-0.05, 0) is 51.4 Å². The van der Waals surface area contributed by atoms with Gasteiger partial charge in [0, 0.05) is 6.04 Å². The van der Waals surface area contributed by atoms with E-state index < -0.39 is 0 Å². The first kappa shape index (κ1) is 17.3. The second kappa shape index (κ2) is 7.90. The van der Waals surface area contributed by atoms with Gasteiger partial charge < -0.3 is 14.8 Å². The van der Waals surface area contributed by atoms with E-state index in [1.54, 1.807) is 7.11 Å². The molecule has 0 heterocycles. The summed E-state index contributed by atoms with van der Waals surface area (Å²) < 4.78 is 11.2. The van der Waals surface area contributed by atoms with Crippen molar-refractivity contribution in [2.24, 2.45) is 5.41 Å². The molecule has 0 bridgehead atoms. The van der Waals surface area contributed by atoms with Crippen LogP contribution >= 0.6 is 0 Å². The SMILES string of the molecule is CCNC(C)c1ccc(OCCC(C)(C)C#N)c(OC)c1. The van der Waals surface area contributed by atoms with Crippen molar-refractivity contribution in [2.45, 2.75) is 40.2 Å². The molecule has 0 saturated heterocycles. The molecular weight excluding hydrogens is 264 g/mol. The first-order valence-electron chi connectivity index (χ1n) is 7.39. The molecule has 21 heavy (non-hydrogen) atoms. The topological polar surface area (TPSA) is 54.3 Å². The van der Waals surface area contributed by atoms with E-state index in [2.05, 4.69) is 25.2 Å². The van der Waals surface area contributed by atoms with E-state index in [-0.39, 0.29) is 11.5 Å². The molecular formula is C17H26N2O2. The number of ether oxygens (including phenoxy) is 2. The van der Waals surface area contributed by atoms with Crippen molar-refractivity contribution >= 4 is 0 Å². The van der Waals surface area contributed by atoms with E-state index in [1.165, 1.54) is 5.56 Å². The van der Waals surface area contributed by atoms with Gasteiger partial charge in [0.1, 0.15) is 0 Å². The number of methoxy groups -OCH3 is 1. The Hall–Kier alpha value is -1.73. The largest absolute Gasteiger partial charge is 0.493 e. The summed E-state index contributed by atoms with van der Waals surface area (Å²) in [7, 11) is 1.64. The van der Waals surface area contributed by atoms with Crippen molar-refractivity contribution in [2.75, 3.05) is 20.3 Å². The van der Waals surface area contributed by atoms with Crippen LogP contribution in [0.2, 0.25) is 0 Å². The Morgan fingerprint density at radius 3 is 2.62 bits per heavy atom. The average molecular weight is 290 g/mol. The van der Waals surface area contributed by atoms with Crippen LogP contribution in [0, 0.1) is 16.7 Å². The van der Waals surface area contributed by atoms with Crippen LogP contribution in [0.1, 0.15) is 45.7 Å². The van der Waals surface area contributed by atoms with Crippen molar-refractivity contribution in [1.82, 2.24) is 5.32 Å². The second-order valence-corrected chi connectivity index (χ2v) is 5.78. The minimum absolute atomic E-state index is 0.274. The number of hydrogen-bond donors (Lipinski definition) is 1. The van der Waals surface area contributed by atoms with Gasteiger partial charge in [0.15, 0.2) is 11.5 Å². The van der Waals surface area contributed by atoms with Crippen molar-refractivity contribution in [3.63, 3.8) is 0 Å². The van der Waals surface area contributed by atoms with Gasteiger partial charge in [0.25, 0.3) is 0 Å². The average Bonchev–Trinajstić information content (AvgIpc) is 2.47. The van der Waals surface area contributed by atoms with Gasteiger partial charge in [-0.15, -0.1) is 0 Å². The maximum Gasteiger partial charge on any atom is 0.161 e. The minimum Gasteiger partial charge on any atom is -0.493 e. The maximum atomic E-state index is 9.00. The molecule has 1 unspecified atom stereocenters. The van der Waals surface area contributed by atoms with Crippen molar-refractivity contribution in [3.05, 3.63) is 23.8 Å². The van der Waals surface area contributed by atoms with Crippen molar-refractivity contribution < 1.29 is 9.47 Å². The van der Waals surface area contributed by atoms with Gasteiger partial charge in [-0.25, -0.2) is 0 Å². The second-order valence-electron chi connectivity index (χ2n) is 5.78. The minimum atomic E-state index is -0.368. The molecule has 4 nitrogen and oxygen atoms in total. The third-order valence-corrected chi connectivity index (χ3v) is 3.49. The van der Waals surface area contributed by atoms with Gasteiger partial charge in [0.2, 0.25) is 0 Å². The first-order chi connectivity index (χ1) is 9.93. The van der Waals surface area contributed by atoms with Gasteiger partial charge in [-0.1, -0.05) is 13.0 Å². The van der Waals surface area contributed by atoms with Gasteiger partial charge in [-0.3, -0.25) is 0 Å². The van der Waals surface area contributed by atoms with Crippen LogP contribution in [0.15, 0.2) is 18.2 Å². The Morgan fingerprint density at radius 1 is 1.33 bits per heavy atom. The molecule has 116 valence electrons. The lowest BCUT2D eigenvalue weighted by Gasteiger charge is -2.18. The smallest absolute Gasteiger partial charge is 0.161 e. The van der Waals surface area contributed by atoms with Gasteiger partial charge >= 0.3 is 0 Å². The number of nitrogens with one attached hydrogen (secondary N) is 1. The number of nitriles is 1. The zero-order valence-corrected chi connectivity index (χ0v) is 13.7. The molecule has 0 saturated carbocycles. The third-order valence-electron chi connectivity index (χ3n) is 3.49. The fourth-order valence-corrected chi connectivity index (χ4v) is 1.97. The molecule has 1 aromatic carbocycles. The number of hydrogen-bond acceptors (Lipinski definition) is 4. The highest BCUT2D eigenvalue weighted by atomic mass is 16.5. The summed E-state index contributed by atoms with van der Waals surface area (Å²) in [5.41, 5.74) is 0.797. The van der Waals surface area contributed by atoms with Crippen LogP contribution in [0.3, 0.4) is 0 Å². The van der Waals surface area contributed by atoms with E-state index in [0.717, 1.165) is 18.0 Å². The Labute approximate surface area is 128 Å². The molecule has 4 heteroatoms. The molecule has 0 aliphatic rings. The lowest BCUT2D eigenvalue weighted by molar-refractivity contribution is 0.252. The van der Waals surface area contributed by atoms with E-state index in [9.17, 15) is 0 Å². The summed E-state index contributed by atoms with van der Waals surface area (Å²) in [6.07, 6.45) is 0.683. The maximum absolute atomic E-state index is 9.00. The van der Waals surface area contributed by atoms with Crippen LogP contribution in [0.4, 0.5) is 0 Å².